The average molecular weight is 271 g/mol. The van der Waals surface area contributed by atoms with Crippen molar-refractivity contribution in [1.29, 1.82) is 0 Å². The summed E-state index contributed by atoms with van der Waals surface area (Å²) >= 11 is 0. The van der Waals surface area contributed by atoms with E-state index in [0.29, 0.717) is 5.92 Å². The molecule has 0 bridgehead atoms. The second kappa shape index (κ2) is 5.38. The molecule has 2 atom stereocenters. The van der Waals surface area contributed by atoms with Gasteiger partial charge in [0.25, 0.3) is 0 Å². The van der Waals surface area contributed by atoms with E-state index in [2.05, 4.69) is 34.1 Å². The third kappa shape index (κ3) is 2.62. The predicted molar refractivity (Wildman–Crippen MR) is 78.4 cm³/mol. The molecule has 1 saturated heterocycles. The van der Waals surface area contributed by atoms with Gasteiger partial charge in [0.05, 0.1) is 12.2 Å². The van der Waals surface area contributed by atoms with Crippen molar-refractivity contribution < 1.29 is 4.42 Å². The topological polar surface area (TPSA) is 55.3 Å². The Morgan fingerprint density at radius 1 is 1.25 bits per heavy atom. The van der Waals surface area contributed by atoms with Crippen LogP contribution in [-0.2, 0) is 6.54 Å². The summed E-state index contributed by atoms with van der Waals surface area (Å²) in [5, 5.41) is 0. The Kier molecular flexibility index (Phi) is 3.59. The molecule has 2 heterocycles. The highest BCUT2D eigenvalue weighted by molar-refractivity contribution is 5.23. The molecule has 0 amide bonds. The minimum absolute atomic E-state index is 0.176. The zero-order valence-electron chi connectivity index (χ0n) is 12.0. The van der Waals surface area contributed by atoms with Crippen LogP contribution in [0.15, 0.2) is 34.7 Å². The Morgan fingerprint density at radius 3 is 2.65 bits per heavy atom. The number of nitrogens with zero attached hydrogens (tertiary/aromatic N) is 2. The van der Waals surface area contributed by atoms with Gasteiger partial charge in [-0.25, -0.2) is 4.98 Å². The molecule has 1 aliphatic heterocycles. The van der Waals surface area contributed by atoms with Crippen molar-refractivity contribution in [2.75, 3.05) is 13.1 Å². The van der Waals surface area contributed by atoms with Crippen LogP contribution in [0.25, 0.3) is 0 Å². The van der Waals surface area contributed by atoms with Crippen LogP contribution in [-0.4, -0.2) is 29.0 Å². The van der Waals surface area contributed by atoms with Crippen molar-refractivity contribution in [2.45, 2.75) is 32.4 Å². The molecule has 0 radical (unpaired) electrons. The van der Waals surface area contributed by atoms with Gasteiger partial charge in [-0.1, -0.05) is 30.3 Å². The van der Waals surface area contributed by atoms with E-state index in [-0.39, 0.29) is 6.04 Å². The highest BCUT2D eigenvalue weighted by Crippen LogP contribution is 2.27. The smallest absolute Gasteiger partial charge is 0.208 e. The van der Waals surface area contributed by atoms with Gasteiger partial charge >= 0.3 is 0 Å². The fourth-order valence-corrected chi connectivity index (χ4v) is 2.89. The Hall–Kier alpha value is -1.65. The number of rotatable bonds is 3. The lowest BCUT2D eigenvalue weighted by atomic mass is 9.95. The summed E-state index contributed by atoms with van der Waals surface area (Å²) in [5.41, 5.74) is 8.59. The van der Waals surface area contributed by atoms with E-state index in [0.717, 1.165) is 37.0 Å². The van der Waals surface area contributed by atoms with Crippen LogP contribution in [0.3, 0.4) is 0 Å². The molecule has 1 aromatic heterocycles. The summed E-state index contributed by atoms with van der Waals surface area (Å²) in [6, 6.07) is 10.7. The standard InChI is InChI=1S/C16H21N3O/c1-11-12(2)20-16(18-11)10-19-8-14(15(17)9-19)13-6-4-3-5-7-13/h3-7,14-15H,8-10,17H2,1-2H3/t14-,15+/m0/s1. The maximum Gasteiger partial charge on any atom is 0.208 e. The van der Waals surface area contributed by atoms with Gasteiger partial charge in [0, 0.05) is 25.0 Å². The average Bonchev–Trinajstić information content (AvgIpc) is 2.94. The van der Waals surface area contributed by atoms with E-state index in [9.17, 15) is 0 Å². The highest BCUT2D eigenvalue weighted by atomic mass is 16.4. The minimum atomic E-state index is 0.176. The summed E-state index contributed by atoms with van der Waals surface area (Å²) < 4.78 is 5.66. The van der Waals surface area contributed by atoms with Gasteiger partial charge < -0.3 is 10.2 Å². The maximum absolute atomic E-state index is 6.30. The van der Waals surface area contributed by atoms with Crippen LogP contribution in [0.1, 0.15) is 28.8 Å². The predicted octanol–water partition coefficient (Wildman–Crippen LogP) is 2.22. The molecule has 1 fully saturated rings. The number of nitrogens with two attached hydrogens (primary N) is 1. The lowest BCUT2D eigenvalue weighted by molar-refractivity contribution is 0.282. The minimum Gasteiger partial charge on any atom is -0.444 e. The molecule has 2 N–H and O–H groups in total. The quantitative estimate of drug-likeness (QED) is 0.930. The van der Waals surface area contributed by atoms with Crippen molar-refractivity contribution in [3.8, 4) is 0 Å². The van der Waals surface area contributed by atoms with Gasteiger partial charge in [-0.15, -0.1) is 0 Å². The summed E-state index contributed by atoms with van der Waals surface area (Å²) in [5.74, 6) is 2.09. The summed E-state index contributed by atoms with van der Waals surface area (Å²) in [6.45, 7) is 6.52. The van der Waals surface area contributed by atoms with Crippen molar-refractivity contribution in [3.05, 3.63) is 53.2 Å². The summed E-state index contributed by atoms with van der Waals surface area (Å²) in [6.07, 6.45) is 0. The number of hydrogen-bond donors (Lipinski definition) is 1. The molecule has 106 valence electrons. The van der Waals surface area contributed by atoms with E-state index in [1.54, 1.807) is 0 Å². The lowest BCUT2D eigenvalue weighted by Crippen LogP contribution is -2.28. The first-order valence-electron chi connectivity index (χ1n) is 7.09. The molecule has 0 spiro atoms. The molecule has 1 aliphatic rings. The molecule has 2 aromatic rings. The van der Waals surface area contributed by atoms with Crippen LogP contribution < -0.4 is 5.73 Å². The van der Waals surface area contributed by atoms with Crippen molar-refractivity contribution >= 4 is 0 Å². The van der Waals surface area contributed by atoms with Crippen molar-refractivity contribution in [2.24, 2.45) is 5.73 Å². The monoisotopic (exact) mass is 271 g/mol. The molecular weight excluding hydrogens is 250 g/mol. The first-order chi connectivity index (χ1) is 9.63. The number of aryl methyl sites for hydroxylation is 2. The Bertz CT molecular complexity index is 559. The first kappa shape index (κ1) is 13.3. The Balaban J connectivity index is 1.69. The van der Waals surface area contributed by atoms with E-state index >= 15 is 0 Å². The van der Waals surface area contributed by atoms with Crippen LogP contribution in [0.2, 0.25) is 0 Å². The van der Waals surface area contributed by atoms with Gasteiger partial charge in [-0.2, -0.15) is 0 Å². The van der Waals surface area contributed by atoms with Gasteiger partial charge in [-0.05, 0) is 19.4 Å². The van der Waals surface area contributed by atoms with Gasteiger partial charge in [-0.3, -0.25) is 4.90 Å². The number of hydrogen-bond acceptors (Lipinski definition) is 4. The number of benzene rings is 1. The molecule has 20 heavy (non-hydrogen) atoms. The maximum atomic E-state index is 6.30. The summed E-state index contributed by atoms with van der Waals surface area (Å²) in [7, 11) is 0. The van der Waals surface area contributed by atoms with Crippen LogP contribution in [0, 0.1) is 13.8 Å². The third-order valence-corrected chi connectivity index (χ3v) is 4.10. The first-order valence-corrected chi connectivity index (χ1v) is 7.09. The number of likely N-dealkylation sites (tertiary alicyclic amines) is 1. The van der Waals surface area contributed by atoms with E-state index in [1.165, 1.54) is 5.56 Å². The fraction of sp³-hybridized carbons (Fsp3) is 0.438. The van der Waals surface area contributed by atoms with E-state index in [1.807, 2.05) is 19.9 Å². The normalized spacial score (nSPS) is 23.4. The molecule has 4 nitrogen and oxygen atoms in total. The molecule has 0 unspecified atom stereocenters. The highest BCUT2D eigenvalue weighted by Gasteiger charge is 2.31. The van der Waals surface area contributed by atoms with Crippen LogP contribution >= 0.6 is 0 Å². The number of oxazole rings is 1. The second-order valence-electron chi connectivity index (χ2n) is 5.62. The molecule has 4 heteroatoms. The van der Waals surface area contributed by atoms with Gasteiger partial charge in [0.1, 0.15) is 5.76 Å². The van der Waals surface area contributed by atoms with Gasteiger partial charge in [0.15, 0.2) is 0 Å². The summed E-state index contributed by atoms with van der Waals surface area (Å²) in [4.78, 5) is 6.77. The lowest BCUT2D eigenvalue weighted by Gasteiger charge is -2.14. The van der Waals surface area contributed by atoms with Crippen molar-refractivity contribution in [3.63, 3.8) is 0 Å². The van der Waals surface area contributed by atoms with Gasteiger partial charge in [0.2, 0.25) is 5.89 Å². The molecule has 0 saturated carbocycles. The largest absolute Gasteiger partial charge is 0.444 e. The van der Waals surface area contributed by atoms with Crippen LogP contribution in [0.4, 0.5) is 0 Å². The zero-order valence-corrected chi connectivity index (χ0v) is 12.0. The Labute approximate surface area is 119 Å². The molecule has 3 rings (SSSR count). The molecular formula is C16H21N3O. The molecule has 1 aromatic carbocycles. The van der Waals surface area contributed by atoms with Crippen molar-refractivity contribution in [1.82, 2.24) is 9.88 Å². The third-order valence-electron chi connectivity index (χ3n) is 4.10. The SMILES string of the molecule is Cc1nc(CN2C[C@@H](N)[C@H](c3ccccc3)C2)oc1C. The zero-order chi connectivity index (χ0) is 14.1. The number of aromatic nitrogens is 1. The van der Waals surface area contributed by atoms with Crippen LogP contribution in [0.5, 0.6) is 0 Å². The van der Waals surface area contributed by atoms with E-state index < -0.39 is 0 Å². The molecule has 0 aliphatic carbocycles. The van der Waals surface area contributed by atoms with E-state index in [4.69, 9.17) is 10.2 Å². The Morgan fingerprint density at radius 2 is 2.00 bits per heavy atom. The fourth-order valence-electron chi connectivity index (χ4n) is 2.89. The second-order valence-corrected chi connectivity index (χ2v) is 5.62.